The zero-order chi connectivity index (χ0) is 36.1. The summed E-state index contributed by atoms with van der Waals surface area (Å²) in [4.78, 5) is 4.63. The van der Waals surface area contributed by atoms with E-state index in [2.05, 4.69) is 78.3 Å². The summed E-state index contributed by atoms with van der Waals surface area (Å²) in [6.45, 7) is 4.45. The first-order valence-electron chi connectivity index (χ1n) is 17.6. The first kappa shape index (κ1) is 31.7. The van der Waals surface area contributed by atoms with Crippen LogP contribution in [0.4, 0.5) is 34.1 Å². The third-order valence-electron chi connectivity index (χ3n) is 9.80. The Morgan fingerprint density at radius 1 is 0.453 bits per heavy atom. The Morgan fingerprint density at radius 2 is 0.811 bits per heavy atom. The Bertz CT molecular complexity index is 2400. The second-order valence-corrected chi connectivity index (χ2v) is 13.4. The number of nitriles is 2. The summed E-state index contributed by atoms with van der Waals surface area (Å²) in [5.74, 6) is 2.94. The van der Waals surface area contributed by atoms with Gasteiger partial charge in [0.1, 0.15) is 0 Å². The molecule has 0 atom stereocenters. The number of rotatable bonds is 5. The maximum absolute atomic E-state index is 10.1. The molecule has 2 aliphatic heterocycles. The number of anilines is 6. The van der Waals surface area contributed by atoms with Gasteiger partial charge in [0.05, 0.1) is 57.4 Å². The first-order chi connectivity index (χ1) is 26.0. The fraction of sp³-hybridized carbons (Fsp3) is 0.0638. The van der Waals surface area contributed by atoms with Crippen molar-refractivity contribution in [3.63, 3.8) is 0 Å². The summed E-state index contributed by atoms with van der Waals surface area (Å²) in [6.07, 6.45) is 0. The van der Waals surface area contributed by atoms with E-state index >= 15 is 0 Å². The van der Waals surface area contributed by atoms with Crippen molar-refractivity contribution in [3.05, 3.63) is 168 Å². The van der Waals surface area contributed by atoms with E-state index in [1.165, 1.54) is 0 Å². The van der Waals surface area contributed by atoms with Crippen molar-refractivity contribution in [3.8, 4) is 57.4 Å². The minimum Gasteiger partial charge on any atom is -0.453 e. The fourth-order valence-corrected chi connectivity index (χ4v) is 7.56. The third-order valence-corrected chi connectivity index (χ3v) is 9.80. The van der Waals surface area contributed by atoms with Crippen molar-refractivity contribution in [1.29, 1.82) is 10.5 Å². The Labute approximate surface area is 308 Å². The van der Waals surface area contributed by atoms with Gasteiger partial charge in [-0.15, -0.1) is 0 Å². The lowest BCUT2D eigenvalue weighted by Crippen LogP contribution is -2.23. The largest absolute Gasteiger partial charge is 0.453 e. The molecule has 0 radical (unpaired) electrons. The summed E-state index contributed by atoms with van der Waals surface area (Å²) in [5.41, 5.74) is 11.4. The molecule has 9 rings (SSSR count). The van der Waals surface area contributed by atoms with E-state index < -0.39 is 0 Å². The minimum atomic E-state index is -0.0265. The van der Waals surface area contributed by atoms with Crippen LogP contribution in [-0.4, -0.2) is 0 Å². The molecule has 6 heteroatoms. The van der Waals surface area contributed by atoms with Crippen LogP contribution in [0.1, 0.15) is 36.5 Å². The lowest BCUT2D eigenvalue weighted by Gasteiger charge is -2.40. The number of para-hydroxylation sites is 8. The molecule has 6 nitrogen and oxygen atoms in total. The van der Waals surface area contributed by atoms with Gasteiger partial charge in [0.15, 0.2) is 23.0 Å². The Balaban J connectivity index is 1.50. The topological polar surface area (TPSA) is 72.5 Å². The molecule has 0 N–H and O–H groups in total. The van der Waals surface area contributed by atoms with Crippen LogP contribution in [0.2, 0.25) is 0 Å². The highest BCUT2D eigenvalue weighted by atomic mass is 16.5. The van der Waals surface area contributed by atoms with Gasteiger partial charge < -0.3 is 19.3 Å². The molecule has 0 saturated heterocycles. The van der Waals surface area contributed by atoms with Crippen LogP contribution in [0, 0.1) is 22.7 Å². The molecule has 0 fully saturated rings. The van der Waals surface area contributed by atoms with Crippen LogP contribution in [0.15, 0.2) is 152 Å². The highest BCUT2D eigenvalue weighted by Gasteiger charge is 2.36. The van der Waals surface area contributed by atoms with Gasteiger partial charge in [-0.2, -0.15) is 10.5 Å². The molecule has 0 amide bonds. The van der Waals surface area contributed by atoms with Crippen molar-refractivity contribution in [2.75, 3.05) is 9.80 Å². The van der Waals surface area contributed by atoms with Gasteiger partial charge in [-0.25, -0.2) is 0 Å². The van der Waals surface area contributed by atoms with Crippen LogP contribution < -0.4 is 19.3 Å². The molecular weight excluding hydrogens is 653 g/mol. The molecule has 0 bridgehead atoms. The predicted molar refractivity (Wildman–Crippen MR) is 210 cm³/mol. The standard InChI is InChI=1S/C47H32N4O2/c1-30(2)45-46(50-37-17-3-7-21-41(37)52-42-22-8-4-18-38(42)50)35(33-15-11-13-31(25-33)28-48)27-36(34-16-12-14-32(26-34)29-49)47(45)51-39-19-5-9-23-43(39)53-44-24-10-6-20-40(44)51/h3-27,30H,1-2H3. The highest BCUT2D eigenvalue weighted by molar-refractivity contribution is 6.04. The maximum atomic E-state index is 10.1. The summed E-state index contributed by atoms with van der Waals surface area (Å²) >= 11 is 0. The molecular formula is C47H32N4O2. The molecule has 2 aliphatic rings. The molecule has 2 heterocycles. The average Bonchev–Trinajstić information content (AvgIpc) is 3.21. The van der Waals surface area contributed by atoms with Gasteiger partial charge in [0.25, 0.3) is 0 Å². The molecule has 53 heavy (non-hydrogen) atoms. The number of fused-ring (bicyclic) bond motifs is 4. The van der Waals surface area contributed by atoms with Gasteiger partial charge in [-0.3, -0.25) is 0 Å². The normalized spacial score (nSPS) is 12.3. The number of benzene rings is 7. The van der Waals surface area contributed by atoms with E-state index in [9.17, 15) is 10.5 Å². The average molecular weight is 685 g/mol. The lowest BCUT2D eigenvalue weighted by atomic mass is 9.84. The zero-order valence-electron chi connectivity index (χ0n) is 29.1. The molecule has 0 unspecified atom stereocenters. The maximum Gasteiger partial charge on any atom is 0.151 e. The smallest absolute Gasteiger partial charge is 0.151 e. The van der Waals surface area contributed by atoms with Crippen molar-refractivity contribution >= 4 is 34.1 Å². The van der Waals surface area contributed by atoms with Gasteiger partial charge in [-0.1, -0.05) is 86.6 Å². The molecule has 0 aromatic heterocycles. The van der Waals surface area contributed by atoms with E-state index in [0.29, 0.717) is 11.1 Å². The van der Waals surface area contributed by atoms with Gasteiger partial charge in [-0.05, 0) is 95.9 Å². The Morgan fingerprint density at radius 3 is 1.15 bits per heavy atom. The SMILES string of the molecule is CC(C)c1c(N2c3ccccc3Oc3ccccc32)c(-c2cccc(C#N)c2)cc(-c2cccc(C#N)c2)c1N1c2ccccc2Oc2ccccc21. The van der Waals surface area contributed by atoms with Crippen molar-refractivity contribution in [2.24, 2.45) is 0 Å². The Kier molecular flexibility index (Phi) is 7.65. The molecule has 252 valence electrons. The third kappa shape index (κ3) is 5.25. The molecule has 7 aromatic carbocycles. The van der Waals surface area contributed by atoms with Gasteiger partial charge >= 0.3 is 0 Å². The van der Waals surface area contributed by atoms with Crippen LogP contribution in [-0.2, 0) is 0 Å². The quantitative estimate of drug-likeness (QED) is 0.180. The second-order valence-electron chi connectivity index (χ2n) is 13.4. The number of hydrogen-bond donors (Lipinski definition) is 0. The summed E-state index contributed by atoms with van der Waals surface area (Å²) < 4.78 is 13.1. The number of ether oxygens (including phenoxy) is 2. The van der Waals surface area contributed by atoms with Gasteiger partial charge in [0.2, 0.25) is 0 Å². The molecule has 0 spiro atoms. The van der Waals surface area contributed by atoms with Crippen LogP contribution in [0.5, 0.6) is 23.0 Å². The van der Waals surface area contributed by atoms with E-state index in [1.807, 2.05) is 109 Å². The van der Waals surface area contributed by atoms with E-state index in [4.69, 9.17) is 9.47 Å². The van der Waals surface area contributed by atoms with Crippen LogP contribution in [0.25, 0.3) is 22.3 Å². The number of hydrogen-bond acceptors (Lipinski definition) is 6. The summed E-state index contributed by atoms with van der Waals surface area (Å²) in [6, 6.07) is 55.0. The molecule has 7 aromatic rings. The highest BCUT2D eigenvalue weighted by Crippen LogP contribution is 2.60. The monoisotopic (exact) mass is 684 g/mol. The van der Waals surface area contributed by atoms with Crippen molar-refractivity contribution < 1.29 is 9.47 Å². The number of nitrogens with zero attached hydrogens (tertiary/aromatic N) is 4. The Hall–Kier alpha value is -7.28. The first-order valence-corrected chi connectivity index (χ1v) is 17.6. The van der Waals surface area contributed by atoms with E-state index in [0.717, 1.165) is 84.9 Å². The van der Waals surface area contributed by atoms with E-state index in [-0.39, 0.29) is 5.92 Å². The van der Waals surface area contributed by atoms with Crippen LogP contribution >= 0.6 is 0 Å². The predicted octanol–water partition coefficient (Wildman–Crippen LogP) is 13.0. The molecule has 0 saturated carbocycles. The lowest BCUT2D eigenvalue weighted by molar-refractivity contribution is 0.476. The zero-order valence-corrected chi connectivity index (χ0v) is 29.1. The second kappa shape index (κ2) is 12.8. The summed E-state index contributed by atoms with van der Waals surface area (Å²) in [7, 11) is 0. The fourth-order valence-electron chi connectivity index (χ4n) is 7.56. The van der Waals surface area contributed by atoms with E-state index in [1.54, 1.807) is 0 Å². The minimum absolute atomic E-state index is 0.0265. The van der Waals surface area contributed by atoms with Gasteiger partial charge in [0, 0.05) is 16.7 Å². The summed E-state index contributed by atoms with van der Waals surface area (Å²) in [5, 5.41) is 20.2. The molecule has 0 aliphatic carbocycles. The van der Waals surface area contributed by atoms with Crippen molar-refractivity contribution in [1.82, 2.24) is 0 Å². The van der Waals surface area contributed by atoms with Crippen LogP contribution in [0.3, 0.4) is 0 Å². The van der Waals surface area contributed by atoms with Crippen molar-refractivity contribution in [2.45, 2.75) is 19.8 Å².